The number of pyridine rings is 1. The van der Waals surface area contributed by atoms with Crippen molar-refractivity contribution in [1.29, 1.82) is 0 Å². The van der Waals surface area contributed by atoms with E-state index in [0.717, 1.165) is 37.5 Å². The molecule has 2 aromatic heterocycles. The van der Waals surface area contributed by atoms with E-state index < -0.39 is 0 Å². The molecule has 1 aromatic carbocycles. The van der Waals surface area contributed by atoms with Gasteiger partial charge in [-0.2, -0.15) is 0 Å². The van der Waals surface area contributed by atoms with Crippen LogP contribution in [-0.2, 0) is 6.54 Å². The van der Waals surface area contributed by atoms with Crippen LogP contribution in [0.2, 0.25) is 0 Å². The summed E-state index contributed by atoms with van der Waals surface area (Å²) in [5.41, 5.74) is 4.58. The molecule has 1 aliphatic heterocycles. The summed E-state index contributed by atoms with van der Waals surface area (Å²) in [6.07, 6.45) is 2.12. The monoisotopic (exact) mass is 306 g/mol. The highest BCUT2D eigenvalue weighted by molar-refractivity contribution is 5.66. The summed E-state index contributed by atoms with van der Waals surface area (Å²) in [6.45, 7) is 6.41. The molecule has 1 fully saturated rings. The van der Waals surface area contributed by atoms with Gasteiger partial charge in [0.05, 0.1) is 11.4 Å². The lowest BCUT2D eigenvalue weighted by molar-refractivity contribution is 0.163. The number of nitrogens with one attached hydrogen (secondary N) is 1. The molecule has 1 saturated heterocycles. The molecule has 4 rings (SSSR count). The van der Waals surface area contributed by atoms with Crippen LogP contribution in [0.3, 0.4) is 0 Å². The van der Waals surface area contributed by atoms with Crippen LogP contribution < -0.4 is 5.32 Å². The van der Waals surface area contributed by atoms with E-state index in [1.165, 1.54) is 11.3 Å². The molecule has 0 bridgehead atoms. The first-order chi connectivity index (χ1) is 11.3. The Morgan fingerprint density at radius 3 is 2.78 bits per heavy atom. The molecule has 1 aliphatic rings. The van der Waals surface area contributed by atoms with Crippen LogP contribution in [0.15, 0.2) is 54.7 Å². The first-order valence-corrected chi connectivity index (χ1v) is 8.29. The van der Waals surface area contributed by atoms with Gasteiger partial charge in [-0.05, 0) is 19.1 Å². The maximum Gasteiger partial charge on any atom is 0.137 e. The van der Waals surface area contributed by atoms with Crippen molar-refractivity contribution in [2.45, 2.75) is 19.5 Å². The van der Waals surface area contributed by atoms with E-state index in [-0.39, 0.29) is 0 Å². The van der Waals surface area contributed by atoms with Crippen LogP contribution in [-0.4, -0.2) is 40.0 Å². The van der Waals surface area contributed by atoms with E-state index in [2.05, 4.69) is 70.2 Å². The average Bonchev–Trinajstić information content (AvgIpc) is 2.96. The summed E-state index contributed by atoms with van der Waals surface area (Å²) in [5, 5.41) is 3.46. The molecule has 118 valence electrons. The second-order valence-electron chi connectivity index (χ2n) is 6.23. The van der Waals surface area contributed by atoms with Gasteiger partial charge in [0.1, 0.15) is 5.65 Å². The van der Waals surface area contributed by atoms with E-state index >= 15 is 0 Å². The van der Waals surface area contributed by atoms with Gasteiger partial charge in [0.15, 0.2) is 0 Å². The molecular weight excluding hydrogens is 284 g/mol. The Morgan fingerprint density at radius 1 is 1.13 bits per heavy atom. The number of imidazole rings is 1. The van der Waals surface area contributed by atoms with Gasteiger partial charge in [0, 0.05) is 44.0 Å². The fourth-order valence-corrected chi connectivity index (χ4v) is 3.34. The van der Waals surface area contributed by atoms with Crippen molar-refractivity contribution >= 4 is 5.65 Å². The summed E-state index contributed by atoms with van der Waals surface area (Å²) in [6, 6.07) is 17.3. The van der Waals surface area contributed by atoms with Crippen LogP contribution >= 0.6 is 0 Å². The predicted molar refractivity (Wildman–Crippen MR) is 93.4 cm³/mol. The number of hydrogen-bond acceptors (Lipinski definition) is 3. The maximum atomic E-state index is 4.89. The Hall–Kier alpha value is -2.17. The van der Waals surface area contributed by atoms with Crippen molar-refractivity contribution in [1.82, 2.24) is 19.6 Å². The molecule has 1 N–H and O–H groups in total. The Balaban J connectivity index is 1.80. The van der Waals surface area contributed by atoms with Crippen LogP contribution in [0.4, 0.5) is 0 Å². The first kappa shape index (κ1) is 14.4. The molecule has 0 unspecified atom stereocenters. The van der Waals surface area contributed by atoms with Gasteiger partial charge >= 0.3 is 0 Å². The van der Waals surface area contributed by atoms with E-state index in [9.17, 15) is 0 Å². The number of aromatic nitrogens is 2. The summed E-state index contributed by atoms with van der Waals surface area (Å²) in [5.74, 6) is 0. The molecular formula is C19H22N4. The van der Waals surface area contributed by atoms with Crippen molar-refractivity contribution in [3.8, 4) is 11.3 Å². The van der Waals surface area contributed by atoms with Crippen LogP contribution in [0.5, 0.6) is 0 Å². The van der Waals surface area contributed by atoms with Crippen molar-refractivity contribution in [3.63, 3.8) is 0 Å². The fourth-order valence-electron chi connectivity index (χ4n) is 3.34. The SMILES string of the molecule is C[C@@H]1CNCCN1Cc1c(-c2ccccc2)nc2ccccn12. The summed E-state index contributed by atoms with van der Waals surface area (Å²) in [7, 11) is 0. The first-order valence-electron chi connectivity index (χ1n) is 8.29. The van der Waals surface area contributed by atoms with Crippen LogP contribution in [0, 0.1) is 0 Å². The van der Waals surface area contributed by atoms with Crippen LogP contribution in [0.25, 0.3) is 16.9 Å². The Bertz CT molecular complexity index is 793. The molecule has 3 aromatic rings. The van der Waals surface area contributed by atoms with E-state index in [0.29, 0.717) is 6.04 Å². The second-order valence-corrected chi connectivity index (χ2v) is 6.23. The lowest BCUT2D eigenvalue weighted by atomic mass is 10.1. The highest BCUT2D eigenvalue weighted by atomic mass is 15.2. The number of hydrogen-bond donors (Lipinski definition) is 1. The van der Waals surface area contributed by atoms with E-state index in [1.807, 2.05) is 6.07 Å². The molecule has 4 heteroatoms. The number of fused-ring (bicyclic) bond motifs is 1. The molecule has 0 spiro atoms. The molecule has 4 nitrogen and oxygen atoms in total. The molecule has 0 radical (unpaired) electrons. The van der Waals surface area contributed by atoms with Gasteiger partial charge in [-0.1, -0.05) is 36.4 Å². The third-order valence-electron chi connectivity index (χ3n) is 4.67. The van der Waals surface area contributed by atoms with E-state index in [4.69, 9.17) is 4.98 Å². The second kappa shape index (κ2) is 6.14. The summed E-state index contributed by atoms with van der Waals surface area (Å²) < 4.78 is 2.23. The normalized spacial score (nSPS) is 19.3. The lowest BCUT2D eigenvalue weighted by Gasteiger charge is -2.33. The van der Waals surface area contributed by atoms with Gasteiger partial charge in [0.25, 0.3) is 0 Å². The summed E-state index contributed by atoms with van der Waals surface area (Å²) in [4.78, 5) is 7.44. The van der Waals surface area contributed by atoms with Gasteiger partial charge in [-0.25, -0.2) is 4.98 Å². The minimum atomic E-state index is 0.543. The number of benzene rings is 1. The Kier molecular flexibility index (Phi) is 3.85. The number of nitrogens with zero attached hydrogens (tertiary/aromatic N) is 3. The third kappa shape index (κ3) is 2.76. The molecule has 3 heterocycles. The van der Waals surface area contributed by atoms with Crippen molar-refractivity contribution in [2.75, 3.05) is 19.6 Å². The number of rotatable bonds is 3. The van der Waals surface area contributed by atoms with Crippen molar-refractivity contribution < 1.29 is 0 Å². The highest BCUT2D eigenvalue weighted by Crippen LogP contribution is 2.26. The zero-order chi connectivity index (χ0) is 15.6. The lowest BCUT2D eigenvalue weighted by Crippen LogP contribution is -2.49. The van der Waals surface area contributed by atoms with Crippen molar-refractivity contribution in [3.05, 3.63) is 60.4 Å². The Morgan fingerprint density at radius 2 is 1.96 bits per heavy atom. The van der Waals surface area contributed by atoms with Gasteiger partial charge < -0.3 is 9.72 Å². The summed E-state index contributed by atoms with van der Waals surface area (Å²) >= 11 is 0. The number of piperazine rings is 1. The standard InChI is InChI=1S/C19H22N4/c1-15-13-20-10-12-22(15)14-17-19(16-7-3-2-4-8-16)21-18-9-5-6-11-23(17)18/h2-9,11,15,20H,10,12-14H2,1H3/t15-/m1/s1. The van der Waals surface area contributed by atoms with Gasteiger partial charge in [0.2, 0.25) is 0 Å². The highest BCUT2D eigenvalue weighted by Gasteiger charge is 2.22. The quantitative estimate of drug-likeness (QED) is 0.807. The molecule has 1 atom stereocenters. The molecule has 0 amide bonds. The minimum absolute atomic E-state index is 0.543. The maximum absolute atomic E-state index is 4.89. The molecule has 23 heavy (non-hydrogen) atoms. The minimum Gasteiger partial charge on any atom is -0.314 e. The third-order valence-corrected chi connectivity index (χ3v) is 4.67. The van der Waals surface area contributed by atoms with Crippen molar-refractivity contribution in [2.24, 2.45) is 0 Å². The van der Waals surface area contributed by atoms with Gasteiger partial charge in [-0.3, -0.25) is 4.90 Å². The van der Waals surface area contributed by atoms with Crippen LogP contribution in [0.1, 0.15) is 12.6 Å². The zero-order valence-corrected chi connectivity index (χ0v) is 13.4. The molecule has 0 saturated carbocycles. The zero-order valence-electron chi connectivity index (χ0n) is 13.4. The smallest absolute Gasteiger partial charge is 0.137 e. The topological polar surface area (TPSA) is 32.6 Å². The predicted octanol–water partition coefficient (Wildman–Crippen LogP) is 2.80. The van der Waals surface area contributed by atoms with E-state index in [1.54, 1.807) is 0 Å². The largest absolute Gasteiger partial charge is 0.314 e. The fraction of sp³-hybridized carbons (Fsp3) is 0.316. The molecule has 0 aliphatic carbocycles. The Labute approximate surface area is 136 Å². The average molecular weight is 306 g/mol. The van der Waals surface area contributed by atoms with Gasteiger partial charge in [-0.15, -0.1) is 0 Å².